The second-order valence-electron chi connectivity index (χ2n) is 5.63. The predicted octanol–water partition coefficient (Wildman–Crippen LogP) is 5.19. The quantitative estimate of drug-likeness (QED) is 0.646. The highest BCUT2D eigenvalue weighted by Crippen LogP contribution is 2.27. The smallest absolute Gasteiger partial charge is 0.227 e. The SMILES string of the molecule is CC(c1ccccc1)N(C)Cc1coc(-c2ccccc2Cl)n1. The molecule has 1 atom stereocenters. The zero-order chi connectivity index (χ0) is 16.2. The standard InChI is InChI=1S/C19H19ClN2O/c1-14(15-8-4-3-5-9-15)22(2)12-16-13-23-19(21-16)17-10-6-7-11-18(17)20/h3-11,13-14H,12H2,1-2H3. The van der Waals surface area contributed by atoms with Gasteiger partial charge in [0.2, 0.25) is 5.89 Å². The van der Waals surface area contributed by atoms with Crippen molar-refractivity contribution in [2.45, 2.75) is 19.5 Å². The summed E-state index contributed by atoms with van der Waals surface area (Å²) in [5, 5.41) is 0.645. The van der Waals surface area contributed by atoms with Gasteiger partial charge in [-0.1, -0.05) is 54.1 Å². The highest BCUT2D eigenvalue weighted by molar-refractivity contribution is 6.33. The minimum atomic E-state index is 0.302. The van der Waals surface area contributed by atoms with Crippen molar-refractivity contribution in [2.75, 3.05) is 7.05 Å². The third-order valence-corrected chi connectivity index (χ3v) is 4.34. The van der Waals surface area contributed by atoms with Gasteiger partial charge in [0.05, 0.1) is 16.3 Å². The van der Waals surface area contributed by atoms with E-state index >= 15 is 0 Å². The molecular weight excluding hydrogens is 308 g/mol. The van der Waals surface area contributed by atoms with Crippen LogP contribution in [0.2, 0.25) is 5.02 Å². The van der Waals surface area contributed by atoms with Crippen molar-refractivity contribution in [1.29, 1.82) is 0 Å². The Balaban J connectivity index is 1.73. The summed E-state index contributed by atoms with van der Waals surface area (Å²) in [4.78, 5) is 6.80. The van der Waals surface area contributed by atoms with E-state index in [0.717, 1.165) is 11.3 Å². The van der Waals surface area contributed by atoms with Crippen LogP contribution in [0, 0.1) is 0 Å². The van der Waals surface area contributed by atoms with Gasteiger partial charge in [0.25, 0.3) is 0 Å². The number of benzene rings is 2. The van der Waals surface area contributed by atoms with E-state index in [-0.39, 0.29) is 0 Å². The third-order valence-electron chi connectivity index (χ3n) is 4.01. The molecule has 3 aromatic rings. The van der Waals surface area contributed by atoms with Gasteiger partial charge in [-0.3, -0.25) is 4.90 Å². The minimum Gasteiger partial charge on any atom is -0.444 e. The maximum atomic E-state index is 6.19. The number of nitrogens with zero attached hydrogens (tertiary/aromatic N) is 2. The molecule has 0 aliphatic rings. The molecule has 3 rings (SSSR count). The molecule has 1 unspecified atom stereocenters. The maximum absolute atomic E-state index is 6.19. The van der Waals surface area contributed by atoms with Gasteiger partial charge in [-0.15, -0.1) is 0 Å². The van der Waals surface area contributed by atoms with Gasteiger partial charge in [-0.05, 0) is 31.7 Å². The van der Waals surface area contributed by atoms with E-state index in [1.54, 1.807) is 6.26 Å². The molecule has 118 valence electrons. The van der Waals surface area contributed by atoms with Crippen LogP contribution in [-0.2, 0) is 6.54 Å². The van der Waals surface area contributed by atoms with Crippen LogP contribution < -0.4 is 0 Å². The first-order chi connectivity index (χ1) is 11.1. The Bertz CT molecular complexity index is 770. The van der Waals surface area contributed by atoms with Crippen molar-refractivity contribution in [3.8, 4) is 11.5 Å². The molecule has 4 heteroatoms. The highest BCUT2D eigenvalue weighted by Gasteiger charge is 2.15. The van der Waals surface area contributed by atoms with Crippen molar-refractivity contribution in [2.24, 2.45) is 0 Å². The summed E-state index contributed by atoms with van der Waals surface area (Å²) in [6, 6.07) is 18.3. The van der Waals surface area contributed by atoms with E-state index in [1.165, 1.54) is 5.56 Å². The number of aromatic nitrogens is 1. The average Bonchev–Trinajstić information content (AvgIpc) is 3.03. The second-order valence-corrected chi connectivity index (χ2v) is 6.03. The molecule has 0 aliphatic heterocycles. The van der Waals surface area contributed by atoms with Crippen molar-refractivity contribution < 1.29 is 4.42 Å². The summed E-state index contributed by atoms with van der Waals surface area (Å²) in [5.74, 6) is 0.561. The Morgan fingerprint density at radius 2 is 1.78 bits per heavy atom. The average molecular weight is 327 g/mol. The Labute approximate surface area is 141 Å². The lowest BCUT2D eigenvalue weighted by Gasteiger charge is -2.24. The molecule has 1 heterocycles. The summed E-state index contributed by atoms with van der Waals surface area (Å²) in [6.07, 6.45) is 1.70. The van der Waals surface area contributed by atoms with Gasteiger partial charge in [-0.25, -0.2) is 4.98 Å². The molecule has 23 heavy (non-hydrogen) atoms. The summed E-state index contributed by atoms with van der Waals surface area (Å²) in [5.41, 5.74) is 2.99. The lowest BCUT2D eigenvalue weighted by molar-refractivity contribution is 0.250. The van der Waals surface area contributed by atoms with Gasteiger partial charge < -0.3 is 4.42 Å². The fourth-order valence-electron chi connectivity index (χ4n) is 2.52. The van der Waals surface area contributed by atoms with Gasteiger partial charge in [0, 0.05) is 12.6 Å². The molecule has 0 N–H and O–H groups in total. The van der Waals surface area contributed by atoms with Crippen molar-refractivity contribution in [3.63, 3.8) is 0 Å². The van der Waals surface area contributed by atoms with Crippen LogP contribution in [0.3, 0.4) is 0 Å². The van der Waals surface area contributed by atoms with E-state index < -0.39 is 0 Å². The zero-order valence-electron chi connectivity index (χ0n) is 13.2. The fraction of sp³-hybridized carbons (Fsp3) is 0.211. The number of hydrogen-bond donors (Lipinski definition) is 0. The second kappa shape index (κ2) is 6.99. The highest BCUT2D eigenvalue weighted by atomic mass is 35.5. The molecule has 0 aliphatic carbocycles. The van der Waals surface area contributed by atoms with E-state index in [0.29, 0.717) is 23.5 Å². The molecule has 0 fully saturated rings. The lowest BCUT2D eigenvalue weighted by atomic mass is 10.1. The molecule has 0 saturated carbocycles. The van der Waals surface area contributed by atoms with Crippen LogP contribution in [0.25, 0.3) is 11.5 Å². The van der Waals surface area contributed by atoms with Gasteiger partial charge >= 0.3 is 0 Å². The molecule has 0 saturated heterocycles. The van der Waals surface area contributed by atoms with E-state index in [4.69, 9.17) is 16.0 Å². The molecule has 3 nitrogen and oxygen atoms in total. The number of rotatable bonds is 5. The Kier molecular flexibility index (Phi) is 4.79. The van der Waals surface area contributed by atoms with Gasteiger partial charge in [0.15, 0.2) is 0 Å². The zero-order valence-corrected chi connectivity index (χ0v) is 14.0. The summed E-state index contributed by atoms with van der Waals surface area (Å²) in [7, 11) is 2.08. The Morgan fingerprint density at radius 3 is 2.52 bits per heavy atom. The van der Waals surface area contributed by atoms with Crippen LogP contribution >= 0.6 is 11.6 Å². The van der Waals surface area contributed by atoms with Crippen LogP contribution in [0.5, 0.6) is 0 Å². The van der Waals surface area contributed by atoms with Crippen molar-refractivity contribution in [3.05, 3.63) is 77.1 Å². The first-order valence-corrected chi connectivity index (χ1v) is 7.97. The Morgan fingerprint density at radius 1 is 1.09 bits per heavy atom. The fourth-order valence-corrected chi connectivity index (χ4v) is 2.73. The minimum absolute atomic E-state index is 0.302. The van der Waals surface area contributed by atoms with E-state index in [9.17, 15) is 0 Å². The van der Waals surface area contributed by atoms with Crippen LogP contribution in [0.1, 0.15) is 24.2 Å². The van der Waals surface area contributed by atoms with Gasteiger partial charge in [-0.2, -0.15) is 0 Å². The number of oxazole rings is 1. The van der Waals surface area contributed by atoms with Gasteiger partial charge in [0.1, 0.15) is 6.26 Å². The first-order valence-electron chi connectivity index (χ1n) is 7.59. The maximum Gasteiger partial charge on any atom is 0.227 e. The largest absolute Gasteiger partial charge is 0.444 e. The molecule has 0 amide bonds. The van der Waals surface area contributed by atoms with Crippen molar-refractivity contribution in [1.82, 2.24) is 9.88 Å². The first kappa shape index (κ1) is 15.8. The van der Waals surface area contributed by atoms with Crippen LogP contribution in [0.15, 0.2) is 65.3 Å². The summed E-state index contributed by atoms with van der Waals surface area (Å²) >= 11 is 6.19. The topological polar surface area (TPSA) is 29.3 Å². The third kappa shape index (κ3) is 3.63. The normalized spacial score (nSPS) is 12.5. The number of hydrogen-bond acceptors (Lipinski definition) is 3. The molecule has 2 aromatic carbocycles. The summed E-state index contributed by atoms with van der Waals surface area (Å²) in [6.45, 7) is 2.90. The number of halogens is 1. The van der Waals surface area contributed by atoms with Crippen LogP contribution in [0.4, 0.5) is 0 Å². The monoisotopic (exact) mass is 326 g/mol. The molecule has 0 bridgehead atoms. The van der Waals surface area contributed by atoms with Crippen LogP contribution in [-0.4, -0.2) is 16.9 Å². The lowest BCUT2D eigenvalue weighted by Crippen LogP contribution is -2.22. The summed E-state index contributed by atoms with van der Waals surface area (Å²) < 4.78 is 5.60. The molecule has 1 aromatic heterocycles. The predicted molar refractivity (Wildman–Crippen MR) is 93.3 cm³/mol. The molecule has 0 spiro atoms. The Hall–Kier alpha value is -2.10. The molecule has 0 radical (unpaired) electrons. The van der Waals surface area contributed by atoms with E-state index in [2.05, 4.69) is 48.1 Å². The van der Waals surface area contributed by atoms with Crippen molar-refractivity contribution >= 4 is 11.6 Å². The van der Waals surface area contributed by atoms with E-state index in [1.807, 2.05) is 30.3 Å². The molecular formula is C19H19ClN2O.